The van der Waals surface area contributed by atoms with Crippen LogP contribution in [0.2, 0.25) is 0 Å². The van der Waals surface area contributed by atoms with Crippen LogP contribution in [0.4, 0.5) is 0 Å². The van der Waals surface area contributed by atoms with E-state index >= 15 is 0 Å². The third kappa shape index (κ3) is 5.49. The third-order valence-corrected chi connectivity index (χ3v) is 3.23. The third-order valence-electron chi connectivity index (χ3n) is 3.23. The minimum Gasteiger partial charge on any atom is -0.495 e. The zero-order valence-corrected chi connectivity index (χ0v) is 12.9. The van der Waals surface area contributed by atoms with Gasteiger partial charge in [-0.15, -0.1) is 0 Å². The van der Waals surface area contributed by atoms with Gasteiger partial charge in [0.25, 0.3) is 5.91 Å². The largest absolute Gasteiger partial charge is 0.495 e. The molecular formula is C17H23NO3. The maximum atomic E-state index is 12.1. The number of carbonyl (C=O) groups excluding carboxylic acids is 1. The molecule has 114 valence electrons. The average Bonchev–Trinajstić information content (AvgIpc) is 2.52. The second kappa shape index (κ2) is 9.04. The van der Waals surface area contributed by atoms with E-state index in [4.69, 9.17) is 9.84 Å². The lowest BCUT2D eigenvalue weighted by Gasteiger charge is -2.11. The Morgan fingerprint density at radius 3 is 2.86 bits per heavy atom. The van der Waals surface area contributed by atoms with Crippen LogP contribution in [0.15, 0.2) is 18.2 Å². The molecule has 0 aliphatic carbocycles. The van der Waals surface area contributed by atoms with Crippen LogP contribution in [0.3, 0.4) is 0 Å². The summed E-state index contributed by atoms with van der Waals surface area (Å²) in [5.74, 6) is 6.73. The molecule has 4 nitrogen and oxygen atoms in total. The van der Waals surface area contributed by atoms with Crippen LogP contribution in [-0.4, -0.2) is 31.3 Å². The van der Waals surface area contributed by atoms with Crippen molar-refractivity contribution < 1.29 is 14.6 Å². The van der Waals surface area contributed by atoms with Crippen LogP contribution in [0.25, 0.3) is 0 Å². The van der Waals surface area contributed by atoms with E-state index in [2.05, 4.69) is 31.0 Å². The molecule has 4 heteroatoms. The number of benzene rings is 1. The van der Waals surface area contributed by atoms with Crippen LogP contribution in [-0.2, 0) is 0 Å². The highest BCUT2D eigenvalue weighted by Crippen LogP contribution is 2.19. The number of hydrogen-bond acceptors (Lipinski definition) is 3. The Balaban J connectivity index is 2.87. The van der Waals surface area contributed by atoms with Crippen molar-refractivity contribution in [2.24, 2.45) is 5.92 Å². The quantitative estimate of drug-likeness (QED) is 0.789. The second-order valence-electron chi connectivity index (χ2n) is 4.91. The molecule has 2 N–H and O–H groups in total. The summed E-state index contributed by atoms with van der Waals surface area (Å²) in [6, 6.07) is 5.18. The Hall–Kier alpha value is -1.99. The van der Waals surface area contributed by atoms with Crippen LogP contribution in [0.1, 0.15) is 42.6 Å². The number of carbonyl (C=O) groups is 1. The normalized spacial score (nSPS) is 11.2. The highest BCUT2D eigenvalue weighted by Gasteiger charge is 2.10. The van der Waals surface area contributed by atoms with Crippen LogP contribution in [0, 0.1) is 17.8 Å². The monoisotopic (exact) mass is 289 g/mol. The van der Waals surface area contributed by atoms with Gasteiger partial charge in [0.05, 0.1) is 19.3 Å². The fourth-order valence-electron chi connectivity index (χ4n) is 1.67. The zero-order chi connectivity index (χ0) is 15.7. The Bertz CT molecular complexity index is 529. The van der Waals surface area contributed by atoms with E-state index in [1.54, 1.807) is 25.3 Å². The van der Waals surface area contributed by atoms with E-state index in [0.717, 1.165) is 6.42 Å². The van der Waals surface area contributed by atoms with Gasteiger partial charge in [-0.05, 0) is 24.1 Å². The van der Waals surface area contributed by atoms with E-state index in [1.807, 2.05) is 0 Å². The average molecular weight is 289 g/mol. The van der Waals surface area contributed by atoms with Gasteiger partial charge in [-0.25, -0.2) is 0 Å². The molecule has 0 heterocycles. The summed E-state index contributed by atoms with van der Waals surface area (Å²) in [5, 5.41) is 11.7. The van der Waals surface area contributed by atoms with E-state index in [9.17, 15) is 4.79 Å². The Morgan fingerprint density at radius 1 is 1.48 bits per heavy atom. The van der Waals surface area contributed by atoms with E-state index in [1.165, 1.54) is 0 Å². The summed E-state index contributed by atoms with van der Waals surface area (Å²) in [6.45, 7) is 4.87. The SMILES string of the molecule is CCC(C)CNC(=O)c1ccc(OC)c(C#CCCO)c1. The minimum atomic E-state index is -0.108. The molecule has 0 saturated heterocycles. The predicted molar refractivity (Wildman–Crippen MR) is 83.4 cm³/mol. The molecule has 0 aliphatic heterocycles. The van der Waals surface area contributed by atoms with Crippen molar-refractivity contribution in [2.45, 2.75) is 26.7 Å². The molecule has 0 spiro atoms. The first-order valence-corrected chi connectivity index (χ1v) is 7.18. The maximum absolute atomic E-state index is 12.1. The summed E-state index contributed by atoms with van der Waals surface area (Å²) in [5.41, 5.74) is 1.22. The number of aliphatic hydroxyl groups is 1. The van der Waals surface area contributed by atoms with Gasteiger partial charge in [-0.2, -0.15) is 0 Å². The van der Waals surface area contributed by atoms with E-state index < -0.39 is 0 Å². The number of amides is 1. The number of hydrogen-bond donors (Lipinski definition) is 2. The van der Waals surface area contributed by atoms with Crippen molar-refractivity contribution >= 4 is 5.91 Å². The molecular weight excluding hydrogens is 266 g/mol. The lowest BCUT2D eigenvalue weighted by molar-refractivity contribution is 0.0947. The molecule has 0 fully saturated rings. The fourth-order valence-corrected chi connectivity index (χ4v) is 1.67. The van der Waals surface area contributed by atoms with Crippen LogP contribution < -0.4 is 10.1 Å². The minimum absolute atomic E-state index is 0.0183. The molecule has 1 rings (SSSR count). The number of nitrogens with one attached hydrogen (secondary N) is 1. The lowest BCUT2D eigenvalue weighted by atomic mass is 10.1. The molecule has 1 aromatic rings. The van der Waals surface area contributed by atoms with Gasteiger partial charge >= 0.3 is 0 Å². The van der Waals surface area contributed by atoms with Gasteiger partial charge < -0.3 is 15.2 Å². The van der Waals surface area contributed by atoms with Gasteiger partial charge in [0, 0.05) is 18.5 Å². The molecule has 21 heavy (non-hydrogen) atoms. The van der Waals surface area contributed by atoms with Gasteiger partial charge in [-0.3, -0.25) is 4.79 Å². The molecule has 1 amide bonds. The van der Waals surface area contributed by atoms with E-state index in [0.29, 0.717) is 35.8 Å². The lowest BCUT2D eigenvalue weighted by Crippen LogP contribution is -2.28. The van der Waals surface area contributed by atoms with Crippen molar-refractivity contribution in [3.8, 4) is 17.6 Å². The smallest absolute Gasteiger partial charge is 0.251 e. The number of ether oxygens (including phenoxy) is 1. The second-order valence-corrected chi connectivity index (χ2v) is 4.91. The fraction of sp³-hybridized carbons (Fsp3) is 0.471. The van der Waals surface area contributed by atoms with Crippen molar-refractivity contribution in [3.63, 3.8) is 0 Å². The first kappa shape index (κ1) is 17.1. The molecule has 0 bridgehead atoms. The summed E-state index contributed by atoms with van der Waals surface area (Å²) in [4.78, 5) is 12.1. The Morgan fingerprint density at radius 2 is 2.24 bits per heavy atom. The van der Waals surface area contributed by atoms with Gasteiger partial charge in [0.2, 0.25) is 0 Å². The van der Waals surface area contributed by atoms with E-state index in [-0.39, 0.29) is 12.5 Å². The number of aliphatic hydroxyl groups excluding tert-OH is 1. The van der Waals surface area contributed by atoms with Crippen molar-refractivity contribution in [3.05, 3.63) is 29.3 Å². The molecule has 0 radical (unpaired) electrons. The van der Waals surface area contributed by atoms with Gasteiger partial charge in [0.1, 0.15) is 5.75 Å². The Labute approximate surface area is 126 Å². The summed E-state index contributed by atoms with van der Waals surface area (Å²) < 4.78 is 5.23. The molecule has 1 atom stereocenters. The zero-order valence-electron chi connectivity index (χ0n) is 12.9. The summed E-state index contributed by atoms with van der Waals surface area (Å²) in [6.07, 6.45) is 1.42. The standard InChI is InChI=1S/C17H23NO3/c1-4-13(2)12-18-17(20)15-8-9-16(21-3)14(11-15)7-5-6-10-19/h8-9,11,13,19H,4,6,10,12H2,1-3H3,(H,18,20). The summed E-state index contributed by atoms with van der Waals surface area (Å²) in [7, 11) is 1.56. The van der Waals surface area contributed by atoms with Crippen LogP contribution >= 0.6 is 0 Å². The molecule has 0 aliphatic rings. The first-order chi connectivity index (χ1) is 10.1. The molecule has 0 saturated carbocycles. The molecule has 1 aromatic carbocycles. The van der Waals surface area contributed by atoms with Gasteiger partial charge in [0.15, 0.2) is 0 Å². The van der Waals surface area contributed by atoms with Crippen molar-refractivity contribution in [2.75, 3.05) is 20.3 Å². The number of methoxy groups -OCH3 is 1. The highest BCUT2D eigenvalue weighted by molar-refractivity contribution is 5.94. The predicted octanol–water partition coefficient (Wildman–Crippen LogP) is 2.21. The van der Waals surface area contributed by atoms with Crippen LogP contribution in [0.5, 0.6) is 5.75 Å². The van der Waals surface area contributed by atoms with Crippen molar-refractivity contribution in [1.29, 1.82) is 0 Å². The Kier molecular flexibility index (Phi) is 7.34. The number of rotatable bonds is 6. The first-order valence-electron chi connectivity index (χ1n) is 7.18. The topological polar surface area (TPSA) is 58.6 Å². The van der Waals surface area contributed by atoms with Crippen molar-refractivity contribution in [1.82, 2.24) is 5.32 Å². The highest BCUT2D eigenvalue weighted by atomic mass is 16.5. The molecule has 1 unspecified atom stereocenters. The molecule has 0 aromatic heterocycles. The maximum Gasteiger partial charge on any atom is 0.251 e. The summed E-state index contributed by atoms with van der Waals surface area (Å²) >= 11 is 0. The van der Waals surface area contributed by atoms with Gasteiger partial charge in [-0.1, -0.05) is 32.1 Å².